The Kier molecular flexibility index (Phi) is 9.44. The number of primary amides is 1. The van der Waals surface area contributed by atoms with E-state index in [0.29, 0.717) is 22.5 Å². The predicted octanol–water partition coefficient (Wildman–Crippen LogP) is 2.04. The van der Waals surface area contributed by atoms with Gasteiger partial charge in [-0.05, 0) is 49.4 Å². The first-order chi connectivity index (χ1) is 20.5. The Balaban J connectivity index is 1.55. The number of pyridine rings is 1. The number of hydrogen-bond donors (Lipinski definition) is 3. The molecule has 13 heteroatoms. The largest absolute Gasteiger partial charge is 0.368 e. The highest BCUT2D eigenvalue weighted by molar-refractivity contribution is 7.94. The first-order valence-electron chi connectivity index (χ1n) is 12.8. The Bertz CT molecular complexity index is 1900. The topological polar surface area (TPSA) is 178 Å². The van der Waals surface area contributed by atoms with E-state index in [9.17, 15) is 23.4 Å². The number of carbonyl (C=O) groups is 4. The summed E-state index contributed by atoms with van der Waals surface area (Å²) in [5.41, 5.74) is 7.72. The molecule has 4 N–H and O–H groups in total. The molecule has 2 aromatic heterocycles. The second-order valence-electron chi connectivity index (χ2n) is 9.28. The Morgan fingerprint density at radius 1 is 0.977 bits per heavy atom. The van der Waals surface area contributed by atoms with E-state index < -0.39 is 39.7 Å². The predicted molar refractivity (Wildman–Crippen MR) is 159 cm³/mol. The zero-order valence-corrected chi connectivity index (χ0v) is 24.1. The normalized spacial score (nSPS) is 11.8. The summed E-state index contributed by atoms with van der Waals surface area (Å²) < 4.78 is 19.2. The molecule has 1 atom stereocenters. The van der Waals surface area contributed by atoms with Crippen molar-refractivity contribution in [1.82, 2.24) is 20.1 Å². The standard InChI is InChI=1S/C30H27N7O5S/c1-20-13-26(37(2)35-20)30(41)34-24-8-6-7-21(15-24)11-12-22-14-23(17-32-16-22)29(40)36-43(42,25-9-4-3-5-10-25)19-28(39)33-18-27(31)38/h3-10,13-17H,18-19H2,1-2H3,(H2,31,38)(H,33,39)(H,34,41)/t43-/m0/s1. The van der Waals surface area contributed by atoms with Crippen LogP contribution in [0, 0.1) is 18.8 Å². The zero-order chi connectivity index (χ0) is 31.0. The third kappa shape index (κ3) is 8.21. The van der Waals surface area contributed by atoms with Crippen molar-refractivity contribution < 1.29 is 23.4 Å². The Labute approximate surface area is 247 Å². The van der Waals surface area contributed by atoms with E-state index in [1.165, 1.54) is 35.3 Å². The maximum atomic E-state index is 13.8. The average Bonchev–Trinajstić information content (AvgIpc) is 3.33. The molecule has 0 aliphatic rings. The van der Waals surface area contributed by atoms with E-state index in [-0.39, 0.29) is 16.4 Å². The van der Waals surface area contributed by atoms with Crippen LogP contribution in [0.4, 0.5) is 5.69 Å². The molecule has 0 aliphatic carbocycles. The number of carbonyl (C=O) groups excluding carboxylic acids is 4. The minimum absolute atomic E-state index is 0.0143. The van der Waals surface area contributed by atoms with Crippen LogP contribution in [0.15, 0.2) is 88.4 Å². The highest BCUT2D eigenvalue weighted by atomic mass is 32.2. The van der Waals surface area contributed by atoms with Crippen molar-refractivity contribution in [3.05, 3.63) is 107 Å². The van der Waals surface area contributed by atoms with Gasteiger partial charge >= 0.3 is 0 Å². The van der Waals surface area contributed by atoms with E-state index in [0.717, 1.165) is 5.69 Å². The molecule has 2 heterocycles. The van der Waals surface area contributed by atoms with Crippen LogP contribution in [-0.2, 0) is 26.4 Å². The molecule has 43 heavy (non-hydrogen) atoms. The Morgan fingerprint density at radius 3 is 2.42 bits per heavy atom. The summed E-state index contributed by atoms with van der Waals surface area (Å²) in [6.07, 6.45) is 2.71. The molecular weight excluding hydrogens is 570 g/mol. The molecule has 0 spiro atoms. The van der Waals surface area contributed by atoms with Crippen molar-refractivity contribution in [2.45, 2.75) is 11.8 Å². The van der Waals surface area contributed by atoms with Crippen LogP contribution in [0.5, 0.6) is 0 Å². The minimum Gasteiger partial charge on any atom is -0.368 e. The molecule has 2 aromatic carbocycles. The SMILES string of the molecule is Cc1cc(C(=O)Nc2cccc(C#Cc3cncc(C(=O)N=[S@](=O)(CC(=O)NCC(N)=O)c4ccccc4)c3)c2)n(C)n1. The molecule has 0 bridgehead atoms. The quantitative estimate of drug-likeness (QED) is 0.260. The lowest BCUT2D eigenvalue weighted by atomic mass is 10.1. The molecule has 218 valence electrons. The van der Waals surface area contributed by atoms with Gasteiger partial charge in [-0.15, -0.1) is 0 Å². The van der Waals surface area contributed by atoms with Crippen molar-refractivity contribution >= 4 is 39.0 Å². The van der Waals surface area contributed by atoms with Gasteiger partial charge in [0.1, 0.15) is 11.4 Å². The molecule has 0 saturated carbocycles. The summed E-state index contributed by atoms with van der Waals surface area (Å²) in [6.45, 7) is 1.36. The highest BCUT2D eigenvalue weighted by Gasteiger charge is 2.21. The van der Waals surface area contributed by atoms with E-state index in [4.69, 9.17) is 5.73 Å². The summed E-state index contributed by atoms with van der Waals surface area (Å²) in [6, 6.07) is 17.9. The van der Waals surface area contributed by atoms with E-state index in [1.807, 2.05) is 0 Å². The number of amides is 4. The molecule has 12 nitrogen and oxygen atoms in total. The van der Waals surface area contributed by atoms with E-state index >= 15 is 0 Å². The number of aromatic nitrogens is 3. The van der Waals surface area contributed by atoms with Crippen molar-refractivity contribution in [3.8, 4) is 11.8 Å². The number of benzene rings is 2. The molecule has 4 amide bonds. The van der Waals surface area contributed by atoms with Gasteiger partial charge < -0.3 is 16.4 Å². The lowest BCUT2D eigenvalue weighted by molar-refractivity contribution is -0.123. The number of hydrogen-bond acceptors (Lipinski definition) is 7. The maximum Gasteiger partial charge on any atom is 0.286 e. The van der Waals surface area contributed by atoms with Gasteiger partial charge in [-0.3, -0.25) is 28.8 Å². The van der Waals surface area contributed by atoms with Crippen LogP contribution in [0.3, 0.4) is 0 Å². The smallest absolute Gasteiger partial charge is 0.286 e. The average molecular weight is 598 g/mol. The first-order valence-corrected chi connectivity index (χ1v) is 14.5. The van der Waals surface area contributed by atoms with Crippen LogP contribution in [-0.4, -0.2) is 54.9 Å². The van der Waals surface area contributed by atoms with Crippen LogP contribution < -0.4 is 16.4 Å². The van der Waals surface area contributed by atoms with Crippen LogP contribution >= 0.6 is 0 Å². The van der Waals surface area contributed by atoms with Gasteiger partial charge in [0.15, 0.2) is 0 Å². The van der Waals surface area contributed by atoms with Gasteiger partial charge in [0.05, 0.1) is 27.5 Å². The lowest BCUT2D eigenvalue weighted by Gasteiger charge is -2.10. The summed E-state index contributed by atoms with van der Waals surface area (Å²) in [7, 11) is -1.87. The number of rotatable bonds is 8. The number of anilines is 1. The summed E-state index contributed by atoms with van der Waals surface area (Å²) >= 11 is 0. The molecule has 4 rings (SSSR count). The number of nitrogens with two attached hydrogens (primary N) is 1. The molecular formula is C30H27N7O5S. The van der Waals surface area contributed by atoms with Gasteiger partial charge in [-0.1, -0.05) is 36.1 Å². The molecule has 0 fully saturated rings. The Hall–Kier alpha value is -5.61. The first kappa shape index (κ1) is 30.4. The molecule has 0 unspecified atom stereocenters. The van der Waals surface area contributed by atoms with Gasteiger partial charge in [-0.2, -0.15) is 9.46 Å². The van der Waals surface area contributed by atoms with Crippen molar-refractivity contribution in [2.24, 2.45) is 17.1 Å². The fraction of sp³-hybridized carbons (Fsp3) is 0.133. The summed E-state index contributed by atoms with van der Waals surface area (Å²) in [5.74, 6) is 2.54. The fourth-order valence-corrected chi connectivity index (χ4v) is 5.61. The third-order valence-corrected chi connectivity index (χ3v) is 7.94. The fourth-order valence-electron chi connectivity index (χ4n) is 3.87. The highest BCUT2D eigenvalue weighted by Crippen LogP contribution is 2.17. The van der Waals surface area contributed by atoms with Crippen molar-refractivity contribution in [2.75, 3.05) is 17.6 Å². The van der Waals surface area contributed by atoms with Gasteiger partial charge in [0.2, 0.25) is 11.8 Å². The van der Waals surface area contributed by atoms with Gasteiger partial charge in [-0.25, -0.2) is 4.21 Å². The molecule has 0 saturated heterocycles. The summed E-state index contributed by atoms with van der Waals surface area (Å²) in [5, 5.41) is 9.27. The number of nitrogens with one attached hydrogen (secondary N) is 2. The Morgan fingerprint density at radius 2 is 1.72 bits per heavy atom. The van der Waals surface area contributed by atoms with Gasteiger partial charge in [0, 0.05) is 41.2 Å². The van der Waals surface area contributed by atoms with E-state index in [2.05, 4.69) is 36.9 Å². The molecule has 0 aliphatic heterocycles. The van der Waals surface area contributed by atoms with Gasteiger partial charge in [0.25, 0.3) is 11.8 Å². The zero-order valence-electron chi connectivity index (χ0n) is 23.2. The minimum atomic E-state index is -3.56. The lowest BCUT2D eigenvalue weighted by Crippen LogP contribution is -2.36. The van der Waals surface area contributed by atoms with Crippen molar-refractivity contribution in [1.29, 1.82) is 0 Å². The van der Waals surface area contributed by atoms with E-state index in [1.54, 1.807) is 62.5 Å². The second-order valence-corrected chi connectivity index (χ2v) is 11.5. The van der Waals surface area contributed by atoms with Crippen LogP contribution in [0.25, 0.3) is 0 Å². The number of nitrogens with zero attached hydrogens (tertiary/aromatic N) is 4. The van der Waals surface area contributed by atoms with Crippen LogP contribution in [0.1, 0.15) is 37.7 Å². The third-order valence-electron chi connectivity index (χ3n) is 5.82. The monoisotopic (exact) mass is 597 g/mol. The van der Waals surface area contributed by atoms with Crippen molar-refractivity contribution in [3.63, 3.8) is 0 Å². The maximum absolute atomic E-state index is 13.8. The van der Waals surface area contributed by atoms with Crippen LogP contribution in [0.2, 0.25) is 0 Å². The molecule has 0 radical (unpaired) electrons. The second kappa shape index (κ2) is 13.4. The molecule has 4 aromatic rings. The summed E-state index contributed by atoms with van der Waals surface area (Å²) in [4.78, 5) is 53.4. The number of aryl methyl sites for hydroxylation is 2.